The highest BCUT2D eigenvalue weighted by Crippen LogP contribution is 2.32. The molecule has 3 nitrogen and oxygen atoms in total. The molecule has 3 heteroatoms. The van der Waals surface area contributed by atoms with Crippen LogP contribution in [0.25, 0.3) is 0 Å². The van der Waals surface area contributed by atoms with E-state index in [4.69, 9.17) is 0 Å². The molecular formula is C16H16N2O. The van der Waals surface area contributed by atoms with Crippen molar-refractivity contribution in [2.24, 2.45) is 0 Å². The number of amides is 1. The molecule has 0 aromatic heterocycles. The van der Waals surface area contributed by atoms with Gasteiger partial charge in [0.1, 0.15) is 6.17 Å². The number of aryl methyl sites for hydroxylation is 1. The average Bonchev–Trinajstić information content (AvgIpc) is 2.44. The normalized spacial score (nSPS) is 17.9. The first-order valence-corrected chi connectivity index (χ1v) is 6.37. The lowest BCUT2D eigenvalue weighted by molar-refractivity contribution is 0.0928. The molecule has 1 aliphatic rings. The fourth-order valence-electron chi connectivity index (χ4n) is 2.59. The maximum absolute atomic E-state index is 12.2. The molecule has 1 heterocycles. The molecule has 3 rings (SSSR count). The number of nitrogens with one attached hydrogen (secondary N) is 1. The summed E-state index contributed by atoms with van der Waals surface area (Å²) in [5, 5.41) is 3.07. The van der Waals surface area contributed by atoms with Crippen LogP contribution in [0.1, 0.15) is 27.7 Å². The predicted octanol–water partition coefficient (Wildman–Crippen LogP) is 2.87. The number of hydrogen-bond donors (Lipinski definition) is 1. The number of rotatable bonds is 1. The highest BCUT2D eigenvalue weighted by molar-refractivity contribution is 6.02. The van der Waals surface area contributed by atoms with Gasteiger partial charge in [0.2, 0.25) is 0 Å². The van der Waals surface area contributed by atoms with Gasteiger partial charge in [0.25, 0.3) is 5.91 Å². The summed E-state index contributed by atoms with van der Waals surface area (Å²) in [7, 11) is 2.01. The summed E-state index contributed by atoms with van der Waals surface area (Å²) in [5.41, 5.74) is 4.02. The number of carbonyl (C=O) groups excluding carboxylic acids is 1. The first kappa shape index (κ1) is 11.8. The summed E-state index contributed by atoms with van der Waals surface area (Å²) in [6.07, 6.45) is -0.108. The Hall–Kier alpha value is -2.29. The van der Waals surface area contributed by atoms with Gasteiger partial charge in [0, 0.05) is 7.05 Å². The molecule has 0 aliphatic carbocycles. The molecule has 0 bridgehead atoms. The van der Waals surface area contributed by atoms with Crippen LogP contribution in [0, 0.1) is 6.92 Å². The van der Waals surface area contributed by atoms with Crippen molar-refractivity contribution in [1.82, 2.24) is 5.32 Å². The van der Waals surface area contributed by atoms with Gasteiger partial charge in [0.15, 0.2) is 0 Å². The van der Waals surface area contributed by atoms with Gasteiger partial charge in [-0.2, -0.15) is 0 Å². The van der Waals surface area contributed by atoms with Gasteiger partial charge in [-0.15, -0.1) is 0 Å². The van der Waals surface area contributed by atoms with E-state index in [0.29, 0.717) is 0 Å². The Morgan fingerprint density at radius 1 is 1.05 bits per heavy atom. The smallest absolute Gasteiger partial charge is 0.255 e. The molecular weight excluding hydrogens is 236 g/mol. The number of para-hydroxylation sites is 1. The van der Waals surface area contributed by atoms with E-state index in [1.807, 2.05) is 43.4 Å². The highest BCUT2D eigenvalue weighted by Gasteiger charge is 2.29. The van der Waals surface area contributed by atoms with Gasteiger partial charge in [-0.05, 0) is 30.2 Å². The van der Waals surface area contributed by atoms with Crippen LogP contribution in [0.5, 0.6) is 0 Å². The summed E-state index contributed by atoms with van der Waals surface area (Å²) in [6, 6.07) is 15.8. The zero-order chi connectivity index (χ0) is 13.4. The zero-order valence-corrected chi connectivity index (χ0v) is 11.1. The molecule has 19 heavy (non-hydrogen) atoms. The molecule has 1 N–H and O–H groups in total. The topological polar surface area (TPSA) is 32.3 Å². The van der Waals surface area contributed by atoms with E-state index in [1.54, 1.807) is 0 Å². The van der Waals surface area contributed by atoms with Crippen molar-refractivity contribution in [3.63, 3.8) is 0 Å². The van der Waals surface area contributed by atoms with Crippen LogP contribution < -0.4 is 10.2 Å². The number of anilines is 1. The second kappa shape index (κ2) is 4.43. The zero-order valence-electron chi connectivity index (χ0n) is 11.1. The third-order valence-corrected chi connectivity index (χ3v) is 3.67. The Morgan fingerprint density at radius 2 is 1.74 bits per heavy atom. The molecule has 1 aliphatic heterocycles. The van der Waals surface area contributed by atoms with Gasteiger partial charge >= 0.3 is 0 Å². The lowest BCUT2D eigenvalue weighted by Gasteiger charge is -2.37. The van der Waals surface area contributed by atoms with Crippen LogP contribution >= 0.6 is 0 Å². The van der Waals surface area contributed by atoms with Crippen molar-refractivity contribution >= 4 is 11.6 Å². The Balaban J connectivity index is 2.08. The molecule has 0 radical (unpaired) electrons. The number of nitrogens with zero attached hydrogens (tertiary/aromatic N) is 1. The van der Waals surface area contributed by atoms with Crippen molar-refractivity contribution in [2.75, 3.05) is 11.9 Å². The van der Waals surface area contributed by atoms with Crippen LogP contribution in [0.3, 0.4) is 0 Å². The van der Waals surface area contributed by atoms with E-state index in [-0.39, 0.29) is 12.1 Å². The average molecular weight is 252 g/mol. The van der Waals surface area contributed by atoms with Crippen molar-refractivity contribution in [1.29, 1.82) is 0 Å². The summed E-state index contributed by atoms with van der Waals surface area (Å²) < 4.78 is 0. The fourth-order valence-corrected chi connectivity index (χ4v) is 2.59. The fraction of sp³-hybridized carbons (Fsp3) is 0.188. The van der Waals surface area contributed by atoms with E-state index in [0.717, 1.165) is 16.8 Å². The van der Waals surface area contributed by atoms with E-state index in [1.165, 1.54) is 5.56 Å². The minimum atomic E-state index is -0.108. The van der Waals surface area contributed by atoms with Gasteiger partial charge in [-0.1, -0.05) is 36.4 Å². The van der Waals surface area contributed by atoms with E-state index in [9.17, 15) is 4.79 Å². The number of carbonyl (C=O) groups is 1. The Labute approximate surface area is 112 Å². The van der Waals surface area contributed by atoms with Gasteiger partial charge in [0.05, 0.1) is 11.3 Å². The molecule has 0 spiro atoms. The highest BCUT2D eigenvalue weighted by atomic mass is 16.2. The standard InChI is InChI=1S/C16H16N2O/c1-11-7-3-4-8-12(11)15-17-16(19)13-9-5-6-10-14(13)18(15)2/h3-10,15H,1-2H3,(H,17,19)/t15-/m1/s1. The first-order chi connectivity index (χ1) is 9.18. The molecule has 1 amide bonds. The van der Waals surface area contributed by atoms with Crippen LogP contribution in [-0.2, 0) is 0 Å². The SMILES string of the molecule is Cc1ccccc1[C@@H]1NC(=O)c2ccccc2N1C. The minimum absolute atomic E-state index is 0.0121. The third-order valence-electron chi connectivity index (χ3n) is 3.67. The molecule has 1 atom stereocenters. The van der Waals surface area contributed by atoms with Gasteiger partial charge < -0.3 is 10.2 Å². The number of hydrogen-bond acceptors (Lipinski definition) is 2. The van der Waals surface area contributed by atoms with Gasteiger partial charge in [-0.3, -0.25) is 4.79 Å². The molecule has 0 saturated carbocycles. The third kappa shape index (κ3) is 1.87. The summed E-state index contributed by atoms with van der Waals surface area (Å²) in [4.78, 5) is 14.3. The Bertz CT molecular complexity index is 636. The van der Waals surface area contributed by atoms with Crippen molar-refractivity contribution in [2.45, 2.75) is 13.1 Å². The molecule has 0 unspecified atom stereocenters. The minimum Gasteiger partial charge on any atom is -0.350 e. The quantitative estimate of drug-likeness (QED) is 0.846. The van der Waals surface area contributed by atoms with E-state index in [2.05, 4.69) is 29.3 Å². The van der Waals surface area contributed by atoms with Crippen molar-refractivity contribution < 1.29 is 4.79 Å². The largest absolute Gasteiger partial charge is 0.350 e. The van der Waals surface area contributed by atoms with Crippen LogP contribution in [0.15, 0.2) is 48.5 Å². The summed E-state index contributed by atoms with van der Waals surface area (Å²) in [6.45, 7) is 2.07. The maximum Gasteiger partial charge on any atom is 0.255 e. The maximum atomic E-state index is 12.2. The number of fused-ring (bicyclic) bond motifs is 1. The summed E-state index contributed by atoms with van der Waals surface area (Å²) in [5.74, 6) is -0.0121. The molecule has 0 saturated heterocycles. The lowest BCUT2D eigenvalue weighted by atomic mass is 10.0. The van der Waals surface area contributed by atoms with Crippen molar-refractivity contribution in [3.8, 4) is 0 Å². The Kier molecular flexibility index (Phi) is 2.75. The molecule has 2 aromatic carbocycles. The van der Waals surface area contributed by atoms with Crippen LogP contribution in [0.2, 0.25) is 0 Å². The predicted molar refractivity (Wildman–Crippen MR) is 76.2 cm³/mol. The van der Waals surface area contributed by atoms with E-state index < -0.39 is 0 Å². The van der Waals surface area contributed by atoms with Crippen LogP contribution in [-0.4, -0.2) is 13.0 Å². The second-order valence-electron chi connectivity index (χ2n) is 4.86. The van der Waals surface area contributed by atoms with Gasteiger partial charge in [-0.25, -0.2) is 0 Å². The molecule has 0 fully saturated rings. The summed E-state index contributed by atoms with van der Waals surface area (Å²) >= 11 is 0. The van der Waals surface area contributed by atoms with Crippen LogP contribution in [0.4, 0.5) is 5.69 Å². The number of benzene rings is 2. The molecule has 2 aromatic rings. The second-order valence-corrected chi connectivity index (χ2v) is 4.86. The van der Waals surface area contributed by atoms with Crippen molar-refractivity contribution in [3.05, 3.63) is 65.2 Å². The first-order valence-electron chi connectivity index (χ1n) is 6.37. The Morgan fingerprint density at radius 3 is 2.53 bits per heavy atom. The lowest BCUT2D eigenvalue weighted by Crippen LogP contribution is -2.44. The monoisotopic (exact) mass is 252 g/mol. The van der Waals surface area contributed by atoms with E-state index >= 15 is 0 Å². The molecule has 96 valence electrons.